The molecule has 1 amide bonds. The van der Waals surface area contributed by atoms with Gasteiger partial charge in [-0.2, -0.15) is 0 Å². The smallest absolute Gasteiger partial charge is 0.242 e. The number of pyridine rings is 1. The molecular formula is C14H12ClFN2O3S. The topological polar surface area (TPSA) is 76.1 Å². The van der Waals surface area contributed by atoms with Crippen LogP contribution in [0.5, 0.6) is 0 Å². The summed E-state index contributed by atoms with van der Waals surface area (Å²) >= 11 is 5.72. The van der Waals surface area contributed by atoms with Crippen molar-refractivity contribution < 1.29 is 17.6 Å². The number of sulfone groups is 1. The Hall–Kier alpha value is -1.99. The third-order valence-corrected chi connectivity index (χ3v) is 5.15. The molecule has 0 spiro atoms. The van der Waals surface area contributed by atoms with Crippen molar-refractivity contribution in [1.29, 1.82) is 0 Å². The lowest BCUT2D eigenvalue weighted by molar-refractivity contribution is -0.115. The first-order valence-corrected chi connectivity index (χ1v) is 8.15. The number of amides is 1. The first-order valence-electron chi connectivity index (χ1n) is 6.23. The highest BCUT2D eigenvalue weighted by atomic mass is 35.5. The molecule has 2 aromatic rings. The van der Waals surface area contributed by atoms with Crippen LogP contribution in [0.15, 0.2) is 47.6 Å². The van der Waals surface area contributed by atoms with E-state index in [1.807, 2.05) is 0 Å². The lowest BCUT2D eigenvalue weighted by Crippen LogP contribution is -2.33. The number of rotatable bonds is 4. The SMILES string of the molecule is C[C@H](C(=O)Nc1cc(Cl)ccc1F)S(=O)(=O)c1ccccn1. The molecule has 0 unspecified atom stereocenters. The number of aromatic nitrogens is 1. The normalized spacial score (nSPS) is 12.7. The highest BCUT2D eigenvalue weighted by molar-refractivity contribution is 7.92. The Kier molecular flexibility index (Phi) is 4.77. The zero-order chi connectivity index (χ0) is 16.3. The minimum atomic E-state index is -3.96. The largest absolute Gasteiger partial charge is 0.322 e. The fourth-order valence-corrected chi connectivity index (χ4v) is 3.02. The standard InChI is InChI=1S/C14H12ClFN2O3S/c1-9(22(20,21)13-4-2-3-7-17-13)14(19)18-12-8-10(15)5-6-11(12)16/h2-9H,1H3,(H,18,19)/t9-/m1/s1. The number of carbonyl (C=O) groups is 1. The van der Waals surface area contributed by atoms with E-state index in [2.05, 4.69) is 10.3 Å². The summed E-state index contributed by atoms with van der Waals surface area (Å²) < 4.78 is 38.1. The molecule has 0 saturated carbocycles. The summed E-state index contributed by atoms with van der Waals surface area (Å²) in [6.45, 7) is 1.21. The number of hydrogen-bond donors (Lipinski definition) is 1. The fourth-order valence-electron chi connectivity index (χ4n) is 1.67. The van der Waals surface area contributed by atoms with Crippen molar-refractivity contribution in [2.75, 3.05) is 5.32 Å². The number of carbonyl (C=O) groups excluding carboxylic acids is 1. The molecule has 0 aliphatic heterocycles. The molecule has 0 fully saturated rings. The number of anilines is 1. The summed E-state index contributed by atoms with van der Waals surface area (Å²) in [4.78, 5) is 15.8. The van der Waals surface area contributed by atoms with E-state index in [1.54, 1.807) is 6.07 Å². The van der Waals surface area contributed by atoms with Crippen LogP contribution in [0.25, 0.3) is 0 Å². The molecule has 0 radical (unpaired) electrons. The van der Waals surface area contributed by atoms with E-state index in [-0.39, 0.29) is 15.7 Å². The van der Waals surface area contributed by atoms with E-state index in [9.17, 15) is 17.6 Å². The predicted octanol–water partition coefficient (Wildman–Crippen LogP) is 2.68. The quantitative estimate of drug-likeness (QED) is 0.926. The third kappa shape index (κ3) is 3.42. The van der Waals surface area contributed by atoms with Crippen LogP contribution in [0.3, 0.4) is 0 Å². The summed E-state index contributed by atoms with van der Waals surface area (Å²) in [5, 5.41) is 0.793. The molecule has 0 saturated heterocycles. The van der Waals surface area contributed by atoms with Gasteiger partial charge in [0.15, 0.2) is 5.03 Å². The summed E-state index contributed by atoms with van der Waals surface area (Å²) in [6.07, 6.45) is 1.31. The van der Waals surface area contributed by atoms with Crippen LogP contribution in [0, 0.1) is 5.82 Å². The second-order valence-electron chi connectivity index (χ2n) is 4.47. The number of hydrogen-bond acceptors (Lipinski definition) is 4. The van der Waals surface area contributed by atoms with Crippen LogP contribution in [0.2, 0.25) is 5.02 Å². The Morgan fingerprint density at radius 3 is 2.68 bits per heavy atom. The van der Waals surface area contributed by atoms with Gasteiger partial charge in [0.2, 0.25) is 15.7 Å². The highest BCUT2D eigenvalue weighted by Crippen LogP contribution is 2.21. The minimum Gasteiger partial charge on any atom is -0.322 e. The van der Waals surface area contributed by atoms with Gasteiger partial charge in [0, 0.05) is 11.2 Å². The van der Waals surface area contributed by atoms with Crippen LogP contribution >= 0.6 is 11.6 Å². The molecule has 1 atom stereocenters. The zero-order valence-corrected chi connectivity index (χ0v) is 13.0. The molecule has 2 rings (SSSR count). The number of benzene rings is 1. The van der Waals surface area contributed by atoms with E-state index >= 15 is 0 Å². The van der Waals surface area contributed by atoms with Crippen molar-refractivity contribution in [3.8, 4) is 0 Å². The van der Waals surface area contributed by atoms with Gasteiger partial charge in [0.1, 0.15) is 11.1 Å². The van der Waals surface area contributed by atoms with Crippen LogP contribution in [0.4, 0.5) is 10.1 Å². The molecule has 22 heavy (non-hydrogen) atoms. The molecule has 1 aromatic carbocycles. The Morgan fingerprint density at radius 1 is 1.32 bits per heavy atom. The predicted molar refractivity (Wildman–Crippen MR) is 80.9 cm³/mol. The molecule has 0 bridgehead atoms. The monoisotopic (exact) mass is 342 g/mol. The molecule has 8 heteroatoms. The van der Waals surface area contributed by atoms with Gasteiger partial charge in [-0.1, -0.05) is 17.7 Å². The van der Waals surface area contributed by atoms with E-state index in [0.717, 1.165) is 6.07 Å². The first-order chi connectivity index (χ1) is 10.3. The number of nitrogens with one attached hydrogen (secondary N) is 1. The van der Waals surface area contributed by atoms with Crippen molar-refractivity contribution >= 4 is 33.0 Å². The maximum absolute atomic E-state index is 13.6. The van der Waals surface area contributed by atoms with Crippen LogP contribution in [0.1, 0.15) is 6.92 Å². The molecule has 1 heterocycles. The van der Waals surface area contributed by atoms with Crippen LogP contribution in [-0.2, 0) is 14.6 Å². The first kappa shape index (κ1) is 16.4. The summed E-state index contributed by atoms with van der Waals surface area (Å²) in [6, 6.07) is 7.96. The average Bonchev–Trinajstić information content (AvgIpc) is 2.51. The fraction of sp³-hybridized carbons (Fsp3) is 0.143. The molecule has 116 valence electrons. The Bertz CT molecular complexity index is 797. The Morgan fingerprint density at radius 2 is 2.05 bits per heavy atom. The van der Waals surface area contributed by atoms with Gasteiger partial charge < -0.3 is 5.32 Å². The van der Waals surface area contributed by atoms with Gasteiger partial charge in [-0.3, -0.25) is 4.79 Å². The number of nitrogens with zero attached hydrogens (tertiary/aromatic N) is 1. The summed E-state index contributed by atoms with van der Waals surface area (Å²) in [7, 11) is -3.96. The molecule has 5 nitrogen and oxygen atoms in total. The minimum absolute atomic E-state index is 0.180. The maximum atomic E-state index is 13.6. The lowest BCUT2D eigenvalue weighted by Gasteiger charge is -2.13. The van der Waals surface area contributed by atoms with Crippen LogP contribution < -0.4 is 5.32 Å². The summed E-state index contributed by atoms with van der Waals surface area (Å²) in [5.74, 6) is -1.58. The summed E-state index contributed by atoms with van der Waals surface area (Å²) in [5.41, 5.74) is -0.180. The van der Waals surface area contributed by atoms with E-state index in [4.69, 9.17) is 11.6 Å². The Labute approximate surface area is 132 Å². The molecule has 1 aromatic heterocycles. The van der Waals surface area contributed by atoms with Crippen molar-refractivity contribution in [2.24, 2.45) is 0 Å². The van der Waals surface area contributed by atoms with Crippen molar-refractivity contribution in [2.45, 2.75) is 17.2 Å². The second-order valence-corrected chi connectivity index (χ2v) is 7.12. The van der Waals surface area contributed by atoms with E-state index in [0.29, 0.717) is 0 Å². The molecule has 0 aliphatic carbocycles. The second kappa shape index (κ2) is 6.41. The molecule has 1 N–H and O–H groups in total. The average molecular weight is 343 g/mol. The van der Waals surface area contributed by atoms with Crippen LogP contribution in [-0.4, -0.2) is 24.6 Å². The molecular weight excluding hydrogens is 331 g/mol. The Balaban J connectivity index is 2.24. The maximum Gasteiger partial charge on any atom is 0.242 e. The van der Waals surface area contributed by atoms with E-state index in [1.165, 1.54) is 37.4 Å². The van der Waals surface area contributed by atoms with Gasteiger partial charge in [-0.15, -0.1) is 0 Å². The van der Waals surface area contributed by atoms with Gasteiger partial charge >= 0.3 is 0 Å². The van der Waals surface area contributed by atoms with E-state index < -0.39 is 26.8 Å². The zero-order valence-electron chi connectivity index (χ0n) is 11.5. The van der Waals surface area contributed by atoms with Gasteiger partial charge in [-0.05, 0) is 37.3 Å². The van der Waals surface area contributed by atoms with Crippen molar-refractivity contribution in [3.63, 3.8) is 0 Å². The third-order valence-electron chi connectivity index (χ3n) is 2.95. The highest BCUT2D eigenvalue weighted by Gasteiger charge is 2.31. The van der Waals surface area contributed by atoms with Gasteiger partial charge in [-0.25, -0.2) is 17.8 Å². The number of halogens is 2. The lowest BCUT2D eigenvalue weighted by atomic mass is 10.3. The molecule has 0 aliphatic rings. The van der Waals surface area contributed by atoms with Crippen molar-refractivity contribution in [3.05, 3.63) is 53.4 Å². The van der Waals surface area contributed by atoms with Crippen molar-refractivity contribution in [1.82, 2.24) is 4.98 Å². The van der Waals surface area contributed by atoms with Gasteiger partial charge in [0.05, 0.1) is 5.69 Å². The van der Waals surface area contributed by atoms with Gasteiger partial charge in [0.25, 0.3) is 0 Å².